The summed E-state index contributed by atoms with van der Waals surface area (Å²) in [4.78, 5) is 0. The van der Waals surface area contributed by atoms with Gasteiger partial charge in [-0.05, 0) is 0 Å². The molecule has 162 valence electrons. The number of halogens is 18. The molecule has 0 aliphatic rings. The molecule has 0 aromatic heterocycles. The summed E-state index contributed by atoms with van der Waals surface area (Å²) in [6.07, 6.45) is -39.6. The molecule has 0 radical (unpaired) electrons. The molecule has 0 saturated heterocycles. The zero-order valence-corrected chi connectivity index (χ0v) is 11.3. The average Bonchev–Trinajstić information content (AvgIpc) is 2.29. The lowest BCUT2D eigenvalue weighted by atomic mass is 9.87. The highest BCUT2D eigenvalue weighted by atomic mass is 19.4. The van der Waals surface area contributed by atoms with Crippen molar-refractivity contribution in [3.05, 3.63) is 11.4 Å². The Kier molecular flexibility index (Phi) is 5.90. The van der Waals surface area contributed by atoms with Crippen molar-refractivity contribution in [2.45, 2.75) is 42.2 Å². The van der Waals surface area contributed by atoms with Crippen LogP contribution >= 0.6 is 0 Å². The molecule has 0 atom stereocenters. The maximum atomic E-state index is 13.4. The molecular weight excluding hydrogens is 450 g/mol. The van der Waals surface area contributed by atoms with Crippen LogP contribution in [0, 0.1) is 0 Å². The van der Waals surface area contributed by atoms with Gasteiger partial charge < -0.3 is 0 Å². The largest absolute Gasteiger partial charge is 0.438 e. The van der Waals surface area contributed by atoms with Gasteiger partial charge in [-0.1, -0.05) is 0 Å². The summed E-state index contributed by atoms with van der Waals surface area (Å²) in [5.74, 6) is -5.76. The summed E-state index contributed by atoms with van der Waals surface area (Å²) < 4.78 is 223. The fourth-order valence-corrected chi connectivity index (χ4v) is 1.50. The van der Waals surface area contributed by atoms with Crippen molar-refractivity contribution in [3.8, 4) is 0 Å². The van der Waals surface area contributed by atoms with E-state index in [4.69, 9.17) is 0 Å². The van der Waals surface area contributed by atoms with Gasteiger partial charge in [0.05, 0.1) is 0 Å². The van der Waals surface area contributed by atoms with E-state index in [0.29, 0.717) is 0 Å². The molecule has 0 rings (SSSR count). The Morgan fingerprint density at radius 3 is 0.741 bits per heavy atom. The van der Waals surface area contributed by atoms with Crippen molar-refractivity contribution in [2.24, 2.45) is 0 Å². The first kappa shape index (κ1) is 25.5. The molecule has 0 aromatic carbocycles. The molecule has 0 saturated carbocycles. The Bertz CT molecular complexity index is 544. The number of hydrogen-bond donors (Lipinski definition) is 0. The van der Waals surface area contributed by atoms with Crippen LogP contribution in [0.2, 0.25) is 0 Å². The minimum atomic E-state index is -8.17. The predicted molar refractivity (Wildman–Crippen MR) is 46.1 cm³/mol. The maximum Gasteiger partial charge on any atom is 0.438 e. The second kappa shape index (κ2) is 6.25. The van der Waals surface area contributed by atoms with E-state index in [1.165, 1.54) is 0 Å². The lowest BCUT2D eigenvalue weighted by molar-refractivity contribution is -0.348. The highest BCUT2D eigenvalue weighted by molar-refractivity contribution is 5.37. The van der Waals surface area contributed by atoms with Crippen molar-refractivity contribution in [3.63, 3.8) is 0 Å². The molecule has 0 aliphatic carbocycles. The molecule has 0 bridgehead atoms. The average molecular weight is 450 g/mol. The van der Waals surface area contributed by atoms with E-state index in [1.54, 1.807) is 0 Å². The van der Waals surface area contributed by atoms with Gasteiger partial charge in [-0.15, -0.1) is 0 Å². The highest BCUT2D eigenvalue weighted by Crippen LogP contribution is 2.60. The van der Waals surface area contributed by atoms with Crippen LogP contribution in [0.4, 0.5) is 79.0 Å². The van der Waals surface area contributed by atoms with Crippen LogP contribution < -0.4 is 0 Å². The third kappa shape index (κ3) is 3.88. The van der Waals surface area contributed by atoms with Gasteiger partial charge in [0.2, 0.25) is 0 Å². The fourth-order valence-electron chi connectivity index (χ4n) is 1.50. The van der Waals surface area contributed by atoms with Crippen molar-refractivity contribution in [1.82, 2.24) is 0 Å². The topological polar surface area (TPSA) is 0 Å². The summed E-state index contributed by atoms with van der Waals surface area (Å²) in [7, 11) is 0. The monoisotopic (exact) mass is 450 g/mol. The van der Waals surface area contributed by atoms with Crippen molar-refractivity contribution in [2.75, 3.05) is 0 Å². The van der Waals surface area contributed by atoms with E-state index in [9.17, 15) is 79.0 Å². The number of allylic oxidation sites excluding steroid dienone is 2. The molecule has 0 spiro atoms. The van der Waals surface area contributed by atoms with Crippen LogP contribution in [-0.4, -0.2) is 42.2 Å². The quantitative estimate of drug-likeness (QED) is 0.425. The smallest absolute Gasteiger partial charge is 0.218 e. The van der Waals surface area contributed by atoms with Crippen molar-refractivity contribution in [1.29, 1.82) is 0 Å². The van der Waals surface area contributed by atoms with Gasteiger partial charge in [0.25, 0.3) is 0 Å². The predicted octanol–water partition coefficient (Wildman–Crippen LogP) is 6.44. The molecule has 0 unspecified atom stereocenters. The summed E-state index contributed by atoms with van der Waals surface area (Å²) in [5, 5.41) is 0. The van der Waals surface area contributed by atoms with Gasteiger partial charge >= 0.3 is 42.2 Å². The van der Waals surface area contributed by atoms with Gasteiger partial charge in [-0.2, -0.15) is 65.9 Å². The van der Waals surface area contributed by atoms with Crippen LogP contribution in [0.25, 0.3) is 0 Å². The molecule has 0 aromatic rings. The summed E-state index contributed by atoms with van der Waals surface area (Å²) in [6, 6.07) is 0. The maximum absolute atomic E-state index is 13.4. The zero-order chi connectivity index (χ0) is 22.7. The van der Waals surface area contributed by atoms with Crippen LogP contribution in [0.3, 0.4) is 0 Å². The molecular formula is C9F18. The lowest BCUT2D eigenvalue weighted by Crippen LogP contribution is -2.61. The van der Waals surface area contributed by atoms with E-state index in [1.807, 2.05) is 0 Å². The molecule has 0 aliphatic heterocycles. The van der Waals surface area contributed by atoms with Gasteiger partial charge in [-0.25, -0.2) is 13.2 Å². The van der Waals surface area contributed by atoms with Crippen molar-refractivity contribution >= 4 is 0 Å². The summed E-state index contributed by atoms with van der Waals surface area (Å²) in [5.41, 5.74) is -22.0. The van der Waals surface area contributed by atoms with E-state index < -0.39 is 53.6 Å². The molecule has 0 nitrogen and oxygen atoms in total. The first-order valence-electron chi connectivity index (χ1n) is 5.40. The molecule has 27 heavy (non-hydrogen) atoms. The number of alkyl halides is 17. The van der Waals surface area contributed by atoms with Gasteiger partial charge in [0.1, 0.15) is 5.57 Å². The summed E-state index contributed by atoms with van der Waals surface area (Å²) in [6.45, 7) is 0. The molecule has 0 heterocycles. The molecule has 18 heteroatoms. The Balaban J connectivity index is 7.64. The zero-order valence-electron chi connectivity index (χ0n) is 11.3. The van der Waals surface area contributed by atoms with Crippen LogP contribution in [0.5, 0.6) is 0 Å². The second-order valence-electron chi connectivity index (χ2n) is 4.49. The van der Waals surface area contributed by atoms with Crippen LogP contribution in [0.1, 0.15) is 0 Å². The lowest BCUT2D eigenvalue weighted by Gasteiger charge is -2.36. The Labute approximate surface area is 134 Å². The van der Waals surface area contributed by atoms with Gasteiger partial charge in [0.15, 0.2) is 5.83 Å². The Hall–Kier alpha value is -1.52. The minimum Gasteiger partial charge on any atom is -0.218 e. The number of hydrogen-bond acceptors (Lipinski definition) is 0. The van der Waals surface area contributed by atoms with E-state index >= 15 is 0 Å². The summed E-state index contributed by atoms with van der Waals surface area (Å²) >= 11 is 0. The van der Waals surface area contributed by atoms with Gasteiger partial charge in [-0.3, -0.25) is 0 Å². The molecule has 0 N–H and O–H groups in total. The van der Waals surface area contributed by atoms with E-state index in [2.05, 4.69) is 0 Å². The third-order valence-electron chi connectivity index (χ3n) is 2.71. The van der Waals surface area contributed by atoms with Crippen molar-refractivity contribution < 1.29 is 79.0 Å². The third-order valence-corrected chi connectivity index (χ3v) is 2.71. The first-order chi connectivity index (χ1) is 11.3. The molecule has 0 fully saturated rings. The second-order valence-corrected chi connectivity index (χ2v) is 4.49. The SMILES string of the molecule is F/C(=C(/C(F)(F)F)C(F)(C(F)(F)F)C(F)(F)F)C(F)(C(F)(F)F)C(F)(F)F. The van der Waals surface area contributed by atoms with Gasteiger partial charge in [0, 0.05) is 0 Å². The van der Waals surface area contributed by atoms with E-state index in [0.717, 1.165) is 0 Å². The first-order valence-corrected chi connectivity index (χ1v) is 5.40. The van der Waals surface area contributed by atoms with E-state index in [-0.39, 0.29) is 0 Å². The minimum absolute atomic E-state index is 5.74. The van der Waals surface area contributed by atoms with Crippen LogP contribution in [-0.2, 0) is 0 Å². The standard InChI is InChI=1S/C9F18/c10-2(4(12,8(22,23)24)9(25,26)27)1(5(13,14)15)3(11,6(16,17)18)7(19,20)21/b2-1+. The Morgan fingerprint density at radius 1 is 0.370 bits per heavy atom. The molecule has 0 amide bonds. The van der Waals surface area contributed by atoms with Crippen LogP contribution in [0.15, 0.2) is 11.4 Å². The Morgan fingerprint density at radius 2 is 0.593 bits per heavy atom. The number of rotatable bonds is 2. The normalized spacial score (nSPS) is 17.1. The fraction of sp³-hybridized carbons (Fsp3) is 0.778. The highest BCUT2D eigenvalue weighted by Gasteiger charge is 2.84.